The lowest BCUT2D eigenvalue weighted by Crippen LogP contribution is -2.53. The summed E-state index contributed by atoms with van der Waals surface area (Å²) < 4.78 is 36.2. The summed E-state index contributed by atoms with van der Waals surface area (Å²) in [6.45, 7) is 9.91. The normalized spacial score (nSPS) is 18.1. The first-order valence-electron chi connectivity index (χ1n) is 8.06. The number of hydrogen-bond acceptors (Lipinski definition) is 2. The molecule has 1 aliphatic heterocycles. The van der Waals surface area contributed by atoms with Gasteiger partial charge in [-0.05, 0) is 18.8 Å². The molecule has 1 aliphatic rings. The highest BCUT2D eigenvalue weighted by Gasteiger charge is 2.26. The monoisotopic (exact) mass is 322 g/mol. The summed E-state index contributed by atoms with van der Waals surface area (Å²) in [6.07, 6.45) is -4.09. The van der Waals surface area contributed by atoms with E-state index in [9.17, 15) is 13.2 Å². The Balaban J connectivity index is 2.23. The van der Waals surface area contributed by atoms with Crippen LogP contribution in [0.3, 0.4) is 0 Å². The molecule has 1 rings (SSSR count). The number of unbranched alkanes of at least 4 members (excludes halogenated alkanes) is 1. The van der Waals surface area contributed by atoms with Crippen LogP contribution in [-0.4, -0.2) is 68.3 Å². The number of aliphatic imine (C=N–C) groups is 1. The molecule has 0 radical (unpaired) electrons. The smallest absolute Gasteiger partial charge is 0.356 e. The third-order valence-electron chi connectivity index (χ3n) is 3.68. The molecule has 22 heavy (non-hydrogen) atoms. The minimum atomic E-state index is -4.05. The number of alkyl halides is 3. The van der Waals surface area contributed by atoms with Gasteiger partial charge in [0.25, 0.3) is 0 Å². The van der Waals surface area contributed by atoms with Crippen LogP contribution in [0, 0.1) is 5.92 Å². The van der Waals surface area contributed by atoms with Crippen LogP contribution in [0.2, 0.25) is 0 Å². The third-order valence-corrected chi connectivity index (χ3v) is 3.68. The topological polar surface area (TPSA) is 30.9 Å². The van der Waals surface area contributed by atoms with Crippen LogP contribution in [0.15, 0.2) is 4.99 Å². The fourth-order valence-electron chi connectivity index (χ4n) is 2.64. The first-order chi connectivity index (χ1) is 10.3. The highest BCUT2D eigenvalue weighted by Crippen LogP contribution is 2.21. The molecule has 1 heterocycles. The number of hydrogen-bond donors (Lipinski definition) is 1. The number of halogens is 3. The number of nitrogens with one attached hydrogen (secondary N) is 1. The van der Waals surface area contributed by atoms with Gasteiger partial charge >= 0.3 is 6.18 Å². The molecule has 7 heteroatoms. The van der Waals surface area contributed by atoms with Gasteiger partial charge in [0.1, 0.15) is 0 Å². The van der Waals surface area contributed by atoms with E-state index >= 15 is 0 Å². The van der Waals surface area contributed by atoms with Crippen molar-refractivity contribution < 1.29 is 13.2 Å². The van der Waals surface area contributed by atoms with Gasteiger partial charge in [0.15, 0.2) is 5.96 Å². The molecule has 0 amide bonds. The van der Waals surface area contributed by atoms with Gasteiger partial charge in [-0.2, -0.15) is 13.2 Å². The SMILES string of the molecule is CN=C(NCCCCC(F)(F)F)N1CCN(CC(C)C)CC1. The highest BCUT2D eigenvalue weighted by atomic mass is 19.4. The summed E-state index contributed by atoms with van der Waals surface area (Å²) in [5.41, 5.74) is 0. The van der Waals surface area contributed by atoms with Crippen LogP contribution < -0.4 is 5.32 Å². The predicted octanol–water partition coefficient (Wildman–Crippen LogP) is 2.57. The number of rotatable bonds is 6. The summed E-state index contributed by atoms with van der Waals surface area (Å²) in [5, 5.41) is 3.17. The molecule has 0 unspecified atom stereocenters. The number of nitrogens with zero attached hydrogens (tertiary/aromatic N) is 3. The van der Waals surface area contributed by atoms with Gasteiger partial charge in [-0.1, -0.05) is 13.8 Å². The summed E-state index contributed by atoms with van der Waals surface area (Å²) in [4.78, 5) is 8.86. The zero-order chi connectivity index (χ0) is 16.6. The van der Waals surface area contributed by atoms with E-state index in [4.69, 9.17) is 0 Å². The van der Waals surface area contributed by atoms with Crippen molar-refractivity contribution in [2.45, 2.75) is 39.3 Å². The molecule has 1 fully saturated rings. The molecule has 1 N–H and O–H groups in total. The van der Waals surface area contributed by atoms with Crippen molar-refractivity contribution in [3.05, 3.63) is 0 Å². The van der Waals surface area contributed by atoms with E-state index in [0.29, 0.717) is 18.9 Å². The molecule has 0 aromatic rings. The summed E-state index contributed by atoms with van der Waals surface area (Å²) >= 11 is 0. The largest absolute Gasteiger partial charge is 0.389 e. The predicted molar refractivity (Wildman–Crippen MR) is 84.1 cm³/mol. The van der Waals surface area contributed by atoms with E-state index in [1.807, 2.05) is 0 Å². The summed E-state index contributed by atoms with van der Waals surface area (Å²) in [6, 6.07) is 0. The second-order valence-corrected chi connectivity index (χ2v) is 6.23. The quantitative estimate of drug-likeness (QED) is 0.463. The molecule has 0 bridgehead atoms. The van der Waals surface area contributed by atoms with Crippen LogP contribution in [-0.2, 0) is 0 Å². The van der Waals surface area contributed by atoms with Crippen molar-refractivity contribution in [1.29, 1.82) is 0 Å². The maximum absolute atomic E-state index is 12.1. The summed E-state index contributed by atoms with van der Waals surface area (Å²) in [7, 11) is 1.72. The van der Waals surface area contributed by atoms with E-state index in [0.717, 1.165) is 38.7 Å². The zero-order valence-electron chi connectivity index (χ0n) is 13.9. The average Bonchev–Trinajstić information content (AvgIpc) is 2.42. The van der Waals surface area contributed by atoms with Crippen LogP contribution >= 0.6 is 0 Å². The number of guanidine groups is 1. The van der Waals surface area contributed by atoms with Crippen molar-refractivity contribution in [3.8, 4) is 0 Å². The maximum Gasteiger partial charge on any atom is 0.389 e. The summed E-state index contributed by atoms with van der Waals surface area (Å²) in [5.74, 6) is 1.47. The van der Waals surface area contributed by atoms with E-state index in [1.165, 1.54) is 0 Å². The molecule has 4 nitrogen and oxygen atoms in total. The Morgan fingerprint density at radius 3 is 2.27 bits per heavy atom. The van der Waals surface area contributed by atoms with Gasteiger partial charge in [0.2, 0.25) is 0 Å². The van der Waals surface area contributed by atoms with E-state index in [2.05, 4.69) is 34.0 Å². The molecule has 130 valence electrons. The molecule has 0 aliphatic carbocycles. The Hall–Kier alpha value is -0.980. The highest BCUT2D eigenvalue weighted by molar-refractivity contribution is 5.79. The Morgan fingerprint density at radius 2 is 1.77 bits per heavy atom. The standard InChI is InChI=1S/C15H29F3N4/c1-13(2)12-21-8-10-22(11-9-21)14(19-3)20-7-5-4-6-15(16,17)18/h13H,4-12H2,1-3H3,(H,19,20). The third kappa shape index (κ3) is 7.87. The van der Waals surface area contributed by atoms with Gasteiger partial charge in [-0.3, -0.25) is 9.89 Å². The second kappa shape index (κ2) is 9.22. The Morgan fingerprint density at radius 1 is 1.14 bits per heavy atom. The molecule has 0 spiro atoms. The van der Waals surface area contributed by atoms with Crippen molar-refractivity contribution in [2.24, 2.45) is 10.9 Å². The fraction of sp³-hybridized carbons (Fsp3) is 0.933. The van der Waals surface area contributed by atoms with Crippen LogP contribution in [0.4, 0.5) is 13.2 Å². The molecular formula is C15H29F3N4. The van der Waals surface area contributed by atoms with Crippen LogP contribution in [0.5, 0.6) is 0 Å². The van der Waals surface area contributed by atoms with E-state index in [1.54, 1.807) is 7.05 Å². The van der Waals surface area contributed by atoms with Crippen molar-refractivity contribution in [3.63, 3.8) is 0 Å². The van der Waals surface area contributed by atoms with Gasteiger partial charge in [-0.25, -0.2) is 0 Å². The first kappa shape index (κ1) is 19.1. The van der Waals surface area contributed by atoms with Crippen LogP contribution in [0.25, 0.3) is 0 Å². The van der Waals surface area contributed by atoms with Crippen molar-refractivity contribution >= 4 is 5.96 Å². The minimum absolute atomic E-state index is 0.162. The van der Waals surface area contributed by atoms with E-state index in [-0.39, 0.29) is 6.42 Å². The van der Waals surface area contributed by atoms with E-state index < -0.39 is 12.6 Å². The Kier molecular flexibility index (Phi) is 8.00. The fourth-order valence-corrected chi connectivity index (χ4v) is 2.64. The lowest BCUT2D eigenvalue weighted by Gasteiger charge is -2.37. The second-order valence-electron chi connectivity index (χ2n) is 6.23. The van der Waals surface area contributed by atoms with Gasteiger partial charge < -0.3 is 10.2 Å². The lowest BCUT2D eigenvalue weighted by atomic mass is 10.2. The van der Waals surface area contributed by atoms with Gasteiger partial charge in [-0.15, -0.1) is 0 Å². The zero-order valence-corrected chi connectivity index (χ0v) is 13.9. The molecule has 0 atom stereocenters. The Labute approximate surface area is 131 Å². The molecule has 0 saturated carbocycles. The van der Waals surface area contributed by atoms with Gasteiger partial charge in [0.05, 0.1) is 0 Å². The average molecular weight is 322 g/mol. The maximum atomic E-state index is 12.1. The minimum Gasteiger partial charge on any atom is -0.356 e. The number of piperazine rings is 1. The molecular weight excluding hydrogens is 293 g/mol. The molecule has 0 aromatic heterocycles. The molecule has 0 aromatic carbocycles. The molecule has 1 saturated heterocycles. The Bertz CT molecular complexity index is 334. The van der Waals surface area contributed by atoms with Gasteiger partial charge in [0, 0.05) is 52.7 Å². The lowest BCUT2D eigenvalue weighted by molar-refractivity contribution is -0.135. The van der Waals surface area contributed by atoms with Crippen molar-refractivity contribution in [2.75, 3.05) is 46.3 Å². The van der Waals surface area contributed by atoms with Crippen LogP contribution in [0.1, 0.15) is 33.1 Å². The van der Waals surface area contributed by atoms with Crippen molar-refractivity contribution in [1.82, 2.24) is 15.1 Å². The first-order valence-corrected chi connectivity index (χ1v) is 8.06.